The Hall–Kier alpha value is -0.860. The fraction of sp³-hybridized carbons (Fsp3) is 0.800. The van der Waals surface area contributed by atoms with Crippen LogP contribution < -0.4 is 0 Å². The van der Waals surface area contributed by atoms with Crippen molar-refractivity contribution < 1.29 is 4.84 Å². The van der Waals surface area contributed by atoms with Gasteiger partial charge < -0.3 is 4.84 Å². The van der Waals surface area contributed by atoms with Gasteiger partial charge in [0.25, 0.3) is 0 Å². The molecule has 0 amide bonds. The third-order valence-electron chi connectivity index (χ3n) is 1.89. The molecular formula is C10H21NO2. The number of hydrogen-bond donors (Lipinski definition) is 0. The SMILES string of the molecule is C=CC(CC)C(C)(C)ON=O.CC. The average Bonchev–Trinajstić information content (AvgIpc) is 2.09. The molecule has 0 aromatic carbocycles. The molecule has 3 nitrogen and oxygen atoms in total. The van der Waals surface area contributed by atoms with Crippen molar-refractivity contribution in [2.45, 2.75) is 46.6 Å². The topological polar surface area (TPSA) is 38.7 Å². The summed E-state index contributed by atoms with van der Waals surface area (Å²) >= 11 is 0. The highest BCUT2D eigenvalue weighted by Gasteiger charge is 2.28. The second kappa shape index (κ2) is 7.77. The zero-order valence-electron chi connectivity index (χ0n) is 9.33. The Kier molecular flexibility index (Phi) is 8.76. The maximum atomic E-state index is 9.85. The molecule has 0 spiro atoms. The number of rotatable bonds is 5. The van der Waals surface area contributed by atoms with Crippen LogP contribution in [-0.2, 0) is 4.84 Å². The van der Waals surface area contributed by atoms with Crippen molar-refractivity contribution in [3.05, 3.63) is 17.6 Å². The minimum atomic E-state index is -0.530. The molecule has 1 unspecified atom stereocenters. The maximum Gasteiger partial charge on any atom is 0.155 e. The Morgan fingerprint density at radius 1 is 1.54 bits per heavy atom. The summed E-state index contributed by atoms with van der Waals surface area (Å²) in [6.07, 6.45) is 2.68. The average molecular weight is 187 g/mol. The first-order valence-electron chi connectivity index (χ1n) is 4.71. The summed E-state index contributed by atoms with van der Waals surface area (Å²) in [5, 5.41) is 2.43. The summed E-state index contributed by atoms with van der Waals surface area (Å²) in [7, 11) is 0. The first kappa shape index (κ1) is 14.7. The molecule has 13 heavy (non-hydrogen) atoms. The van der Waals surface area contributed by atoms with Crippen LogP contribution in [0.25, 0.3) is 0 Å². The highest BCUT2D eigenvalue weighted by atomic mass is 16.7. The lowest BCUT2D eigenvalue weighted by Crippen LogP contribution is -2.30. The summed E-state index contributed by atoms with van der Waals surface area (Å²) < 4.78 is 0. The third kappa shape index (κ3) is 5.39. The van der Waals surface area contributed by atoms with Gasteiger partial charge in [-0.05, 0) is 20.3 Å². The van der Waals surface area contributed by atoms with E-state index in [-0.39, 0.29) is 5.92 Å². The van der Waals surface area contributed by atoms with Gasteiger partial charge in [-0.1, -0.05) is 26.8 Å². The normalized spacial score (nSPS) is 12.1. The molecule has 0 aliphatic carbocycles. The van der Waals surface area contributed by atoms with Crippen LogP contribution in [0.5, 0.6) is 0 Å². The number of hydrogen-bond acceptors (Lipinski definition) is 3. The molecule has 3 heteroatoms. The van der Waals surface area contributed by atoms with E-state index in [1.54, 1.807) is 6.08 Å². The van der Waals surface area contributed by atoms with Crippen molar-refractivity contribution in [1.82, 2.24) is 0 Å². The first-order valence-corrected chi connectivity index (χ1v) is 4.71. The van der Waals surface area contributed by atoms with Crippen molar-refractivity contribution in [3.63, 3.8) is 0 Å². The van der Waals surface area contributed by atoms with E-state index in [4.69, 9.17) is 0 Å². The monoisotopic (exact) mass is 187 g/mol. The molecule has 0 saturated carbocycles. The largest absolute Gasteiger partial charge is 0.357 e. The Balaban J connectivity index is 0. The molecule has 0 heterocycles. The van der Waals surface area contributed by atoms with E-state index >= 15 is 0 Å². The smallest absolute Gasteiger partial charge is 0.155 e. The van der Waals surface area contributed by atoms with Crippen molar-refractivity contribution in [3.8, 4) is 0 Å². The molecule has 0 bridgehead atoms. The predicted molar refractivity (Wildman–Crippen MR) is 56.3 cm³/mol. The Morgan fingerprint density at radius 2 is 2.00 bits per heavy atom. The van der Waals surface area contributed by atoms with Gasteiger partial charge in [0.2, 0.25) is 0 Å². The van der Waals surface area contributed by atoms with Gasteiger partial charge in [-0.2, -0.15) is 0 Å². The molecule has 0 aromatic rings. The molecule has 0 rings (SSSR count). The fourth-order valence-corrected chi connectivity index (χ4v) is 1.11. The van der Waals surface area contributed by atoms with E-state index in [9.17, 15) is 4.91 Å². The van der Waals surface area contributed by atoms with Gasteiger partial charge >= 0.3 is 0 Å². The molecule has 78 valence electrons. The van der Waals surface area contributed by atoms with Gasteiger partial charge in [0.1, 0.15) is 5.60 Å². The quantitative estimate of drug-likeness (QED) is 0.374. The van der Waals surface area contributed by atoms with Crippen LogP contribution in [-0.4, -0.2) is 5.60 Å². The predicted octanol–water partition coefficient (Wildman–Crippen LogP) is 3.70. The zero-order chi connectivity index (χ0) is 10.9. The molecular weight excluding hydrogens is 166 g/mol. The summed E-state index contributed by atoms with van der Waals surface area (Å²) in [4.78, 5) is 14.5. The molecule has 1 atom stereocenters. The minimum absolute atomic E-state index is 0.167. The molecule has 0 aliphatic heterocycles. The van der Waals surface area contributed by atoms with E-state index in [0.29, 0.717) is 0 Å². The van der Waals surface area contributed by atoms with Crippen molar-refractivity contribution >= 4 is 0 Å². The molecule has 0 radical (unpaired) electrons. The summed E-state index contributed by atoms with van der Waals surface area (Å²) in [5.41, 5.74) is -0.530. The lowest BCUT2D eigenvalue weighted by Gasteiger charge is -2.27. The van der Waals surface area contributed by atoms with Crippen LogP contribution in [0.4, 0.5) is 0 Å². The van der Waals surface area contributed by atoms with Gasteiger partial charge in [0.15, 0.2) is 5.34 Å². The highest BCUT2D eigenvalue weighted by Crippen LogP contribution is 2.25. The van der Waals surface area contributed by atoms with Gasteiger partial charge in [0, 0.05) is 5.92 Å². The lowest BCUT2D eigenvalue weighted by atomic mass is 9.89. The standard InChI is InChI=1S/C8H15NO2.C2H6/c1-5-7(6-2)8(3,4)11-9-10;1-2/h5,7H,1,6H2,2-4H3;1-2H3. The van der Waals surface area contributed by atoms with E-state index in [2.05, 4.69) is 16.8 Å². The molecule has 0 aliphatic rings. The molecule has 0 N–H and O–H groups in total. The van der Waals surface area contributed by atoms with E-state index in [1.807, 2.05) is 34.6 Å². The molecule has 0 aromatic heterocycles. The first-order chi connectivity index (χ1) is 6.08. The summed E-state index contributed by atoms with van der Waals surface area (Å²) in [5.74, 6) is 0.167. The highest BCUT2D eigenvalue weighted by molar-refractivity contribution is 4.90. The van der Waals surface area contributed by atoms with Gasteiger partial charge in [0.05, 0.1) is 0 Å². The van der Waals surface area contributed by atoms with Crippen LogP contribution in [0.15, 0.2) is 18.0 Å². The second-order valence-corrected chi connectivity index (χ2v) is 3.02. The molecule has 0 saturated heterocycles. The van der Waals surface area contributed by atoms with Crippen LogP contribution in [0.3, 0.4) is 0 Å². The van der Waals surface area contributed by atoms with Crippen molar-refractivity contribution in [1.29, 1.82) is 0 Å². The van der Waals surface area contributed by atoms with Crippen LogP contribution in [0.2, 0.25) is 0 Å². The Labute approximate surface area is 81.1 Å². The minimum Gasteiger partial charge on any atom is -0.357 e. The van der Waals surface area contributed by atoms with E-state index < -0.39 is 5.60 Å². The zero-order valence-corrected chi connectivity index (χ0v) is 9.33. The van der Waals surface area contributed by atoms with Crippen molar-refractivity contribution in [2.75, 3.05) is 0 Å². The summed E-state index contributed by atoms with van der Waals surface area (Å²) in [6, 6.07) is 0. The second-order valence-electron chi connectivity index (χ2n) is 3.02. The third-order valence-corrected chi connectivity index (χ3v) is 1.89. The van der Waals surface area contributed by atoms with Crippen LogP contribution in [0, 0.1) is 10.8 Å². The fourth-order valence-electron chi connectivity index (χ4n) is 1.11. The summed E-state index contributed by atoms with van der Waals surface area (Å²) in [6.45, 7) is 13.3. The number of nitrogens with zero attached hydrogens (tertiary/aromatic N) is 1. The van der Waals surface area contributed by atoms with Gasteiger partial charge in [-0.25, -0.2) is 0 Å². The van der Waals surface area contributed by atoms with E-state index in [0.717, 1.165) is 6.42 Å². The lowest BCUT2D eigenvalue weighted by molar-refractivity contribution is -0.0482. The Morgan fingerprint density at radius 3 is 2.23 bits per heavy atom. The maximum absolute atomic E-state index is 9.85. The molecule has 0 fully saturated rings. The van der Waals surface area contributed by atoms with Gasteiger partial charge in [-0.3, -0.25) is 0 Å². The Bertz CT molecular complexity index is 144. The van der Waals surface area contributed by atoms with Crippen LogP contribution in [0.1, 0.15) is 41.0 Å². The van der Waals surface area contributed by atoms with Crippen molar-refractivity contribution in [2.24, 2.45) is 11.3 Å². The van der Waals surface area contributed by atoms with Crippen LogP contribution >= 0.6 is 0 Å². The van der Waals surface area contributed by atoms with E-state index in [1.165, 1.54) is 0 Å². The van der Waals surface area contributed by atoms with Gasteiger partial charge in [-0.15, -0.1) is 11.5 Å².